The lowest BCUT2D eigenvalue weighted by molar-refractivity contribution is 0.187. The molecule has 1 unspecified atom stereocenters. The monoisotopic (exact) mass is 232 g/mol. The van der Waals surface area contributed by atoms with Crippen LogP contribution in [0.15, 0.2) is 24.5 Å². The van der Waals surface area contributed by atoms with Crippen molar-refractivity contribution in [1.82, 2.24) is 15.0 Å². The Morgan fingerprint density at radius 2 is 2.06 bits per heavy atom. The van der Waals surface area contributed by atoms with Crippen LogP contribution < -0.4 is 4.90 Å². The summed E-state index contributed by atoms with van der Waals surface area (Å²) in [6.07, 6.45) is 3.71. The summed E-state index contributed by atoms with van der Waals surface area (Å²) in [7, 11) is 1.95. The highest BCUT2D eigenvalue weighted by atomic mass is 16.3. The van der Waals surface area contributed by atoms with Gasteiger partial charge in [0.15, 0.2) is 5.65 Å². The molecule has 0 radical (unpaired) electrons. The molecule has 90 valence electrons. The van der Waals surface area contributed by atoms with Crippen molar-refractivity contribution in [2.24, 2.45) is 0 Å². The molecular formula is C12H16N4O. The van der Waals surface area contributed by atoms with Crippen LogP contribution in [-0.2, 0) is 0 Å². The predicted molar refractivity (Wildman–Crippen MR) is 66.9 cm³/mol. The van der Waals surface area contributed by atoms with Crippen molar-refractivity contribution in [3.05, 3.63) is 24.5 Å². The normalized spacial score (nSPS) is 12.6. The molecule has 2 rings (SSSR count). The number of aromatic nitrogens is 3. The summed E-state index contributed by atoms with van der Waals surface area (Å²) >= 11 is 0. The second-order valence-corrected chi connectivity index (χ2v) is 4.13. The average molecular weight is 232 g/mol. The molecule has 0 bridgehead atoms. The molecule has 0 amide bonds. The Hall–Kier alpha value is -1.75. The molecule has 0 spiro atoms. The Morgan fingerprint density at radius 3 is 2.82 bits per heavy atom. The molecule has 2 aromatic heterocycles. The van der Waals surface area contributed by atoms with Crippen molar-refractivity contribution in [1.29, 1.82) is 0 Å². The number of pyridine rings is 1. The maximum absolute atomic E-state index is 9.25. The zero-order chi connectivity index (χ0) is 12.3. The first-order valence-corrected chi connectivity index (χ1v) is 5.64. The molecule has 0 aliphatic carbocycles. The predicted octanol–water partition coefficient (Wildman–Crippen LogP) is 1.23. The highest BCUT2D eigenvalue weighted by Gasteiger charge is 2.06. The standard InChI is InChI=1S/C12H16N4O/c1-9(17)5-8-16(2)11-4-3-10-12(15-11)14-7-6-13-10/h3-4,6-7,9,17H,5,8H2,1-2H3. The van der Waals surface area contributed by atoms with E-state index in [1.165, 1.54) is 0 Å². The van der Waals surface area contributed by atoms with Gasteiger partial charge in [0.05, 0.1) is 6.10 Å². The number of nitrogens with zero attached hydrogens (tertiary/aromatic N) is 4. The summed E-state index contributed by atoms with van der Waals surface area (Å²) in [5.74, 6) is 0.846. The van der Waals surface area contributed by atoms with Gasteiger partial charge in [-0.3, -0.25) is 4.98 Å². The number of hydrogen-bond donors (Lipinski definition) is 1. The van der Waals surface area contributed by atoms with E-state index in [1.807, 2.05) is 24.1 Å². The minimum atomic E-state index is -0.294. The summed E-state index contributed by atoms with van der Waals surface area (Å²) < 4.78 is 0. The third-order valence-corrected chi connectivity index (χ3v) is 2.59. The van der Waals surface area contributed by atoms with Gasteiger partial charge >= 0.3 is 0 Å². The number of fused-ring (bicyclic) bond motifs is 1. The lowest BCUT2D eigenvalue weighted by atomic mass is 10.2. The van der Waals surface area contributed by atoms with Gasteiger partial charge in [0.2, 0.25) is 0 Å². The van der Waals surface area contributed by atoms with Gasteiger partial charge in [0.1, 0.15) is 11.3 Å². The van der Waals surface area contributed by atoms with E-state index in [-0.39, 0.29) is 6.10 Å². The topological polar surface area (TPSA) is 62.1 Å². The highest BCUT2D eigenvalue weighted by molar-refractivity contribution is 5.71. The Labute approximate surface area is 100 Å². The summed E-state index contributed by atoms with van der Waals surface area (Å²) in [6.45, 7) is 2.55. The maximum atomic E-state index is 9.25. The van der Waals surface area contributed by atoms with Crippen LogP contribution in [0, 0.1) is 0 Å². The lowest BCUT2D eigenvalue weighted by Crippen LogP contribution is -2.22. The van der Waals surface area contributed by atoms with Crippen LogP contribution in [0.3, 0.4) is 0 Å². The summed E-state index contributed by atoms with van der Waals surface area (Å²) in [5.41, 5.74) is 1.44. The van der Waals surface area contributed by atoms with Gasteiger partial charge in [0, 0.05) is 26.0 Å². The summed E-state index contributed by atoms with van der Waals surface area (Å²) in [6, 6.07) is 3.82. The Morgan fingerprint density at radius 1 is 1.29 bits per heavy atom. The van der Waals surface area contributed by atoms with E-state index in [1.54, 1.807) is 19.3 Å². The fraction of sp³-hybridized carbons (Fsp3) is 0.417. The molecule has 0 aromatic carbocycles. The van der Waals surface area contributed by atoms with Gasteiger partial charge in [-0.15, -0.1) is 0 Å². The first-order valence-electron chi connectivity index (χ1n) is 5.64. The van der Waals surface area contributed by atoms with E-state index in [0.29, 0.717) is 5.65 Å². The molecule has 0 saturated carbocycles. The molecule has 0 aliphatic heterocycles. The minimum absolute atomic E-state index is 0.294. The Bertz CT molecular complexity index is 501. The average Bonchev–Trinajstić information content (AvgIpc) is 2.35. The fourth-order valence-electron chi connectivity index (χ4n) is 1.55. The smallest absolute Gasteiger partial charge is 0.180 e. The quantitative estimate of drug-likeness (QED) is 0.859. The van der Waals surface area contributed by atoms with Crippen LogP contribution in [0.1, 0.15) is 13.3 Å². The largest absolute Gasteiger partial charge is 0.393 e. The highest BCUT2D eigenvalue weighted by Crippen LogP contribution is 2.13. The van der Waals surface area contributed by atoms with Crippen LogP contribution in [0.2, 0.25) is 0 Å². The van der Waals surface area contributed by atoms with E-state index in [9.17, 15) is 5.11 Å². The fourth-order valence-corrected chi connectivity index (χ4v) is 1.55. The molecular weight excluding hydrogens is 216 g/mol. The van der Waals surface area contributed by atoms with Crippen molar-refractivity contribution in [2.45, 2.75) is 19.4 Å². The van der Waals surface area contributed by atoms with Gasteiger partial charge in [-0.05, 0) is 25.5 Å². The van der Waals surface area contributed by atoms with Gasteiger partial charge in [-0.2, -0.15) is 0 Å². The molecule has 0 aliphatic rings. The lowest BCUT2D eigenvalue weighted by Gasteiger charge is -2.18. The summed E-state index contributed by atoms with van der Waals surface area (Å²) in [5, 5.41) is 9.25. The van der Waals surface area contributed by atoms with Crippen molar-refractivity contribution >= 4 is 17.0 Å². The third kappa shape index (κ3) is 2.88. The van der Waals surface area contributed by atoms with E-state index in [4.69, 9.17) is 0 Å². The first kappa shape index (κ1) is 11.7. The number of aliphatic hydroxyl groups excluding tert-OH is 1. The molecule has 5 heteroatoms. The van der Waals surface area contributed by atoms with Gasteiger partial charge in [-0.25, -0.2) is 9.97 Å². The number of rotatable bonds is 4. The van der Waals surface area contributed by atoms with E-state index >= 15 is 0 Å². The van der Waals surface area contributed by atoms with Crippen molar-refractivity contribution in [2.75, 3.05) is 18.5 Å². The molecule has 2 heterocycles. The Balaban J connectivity index is 2.18. The third-order valence-electron chi connectivity index (χ3n) is 2.59. The van der Waals surface area contributed by atoms with Gasteiger partial charge < -0.3 is 10.0 Å². The van der Waals surface area contributed by atoms with Crippen molar-refractivity contribution < 1.29 is 5.11 Å². The first-order chi connectivity index (χ1) is 8.16. The molecule has 0 saturated heterocycles. The second-order valence-electron chi connectivity index (χ2n) is 4.13. The van der Waals surface area contributed by atoms with Crippen LogP contribution >= 0.6 is 0 Å². The minimum Gasteiger partial charge on any atom is -0.393 e. The van der Waals surface area contributed by atoms with Crippen molar-refractivity contribution in [3.63, 3.8) is 0 Å². The SMILES string of the molecule is CC(O)CCN(C)c1ccc2nccnc2n1. The number of hydrogen-bond acceptors (Lipinski definition) is 5. The molecule has 2 aromatic rings. The second kappa shape index (κ2) is 5.05. The zero-order valence-corrected chi connectivity index (χ0v) is 10.0. The zero-order valence-electron chi connectivity index (χ0n) is 10.0. The van der Waals surface area contributed by atoms with Crippen LogP contribution in [0.5, 0.6) is 0 Å². The van der Waals surface area contributed by atoms with E-state index < -0.39 is 0 Å². The van der Waals surface area contributed by atoms with Gasteiger partial charge in [0.25, 0.3) is 0 Å². The van der Waals surface area contributed by atoms with E-state index in [2.05, 4.69) is 15.0 Å². The maximum Gasteiger partial charge on any atom is 0.180 e. The molecule has 0 fully saturated rings. The van der Waals surface area contributed by atoms with Crippen LogP contribution in [0.4, 0.5) is 5.82 Å². The molecule has 1 N–H and O–H groups in total. The van der Waals surface area contributed by atoms with Crippen molar-refractivity contribution in [3.8, 4) is 0 Å². The van der Waals surface area contributed by atoms with Crippen LogP contribution in [-0.4, -0.2) is 39.8 Å². The summed E-state index contributed by atoms with van der Waals surface area (Å²) in [4.78, 5) is 14.8. The molecule has 17 heavy (non-hydrogen) atoms. The van der Waals surface area contributed by atoms with E-state index in [0.717, 1.165) is 24.3 Å². The van der Waals surface area contributed by atoms with Gasteiger partial charge in [-0.1, -0.05) is 0 Å². The molecule has 1 atom stereocenters. The molecule has 5 nitrogen and oxygen atoms in total. The Kier molecular flexibility index (Phi) is 3.49. The number of anilines is 1. The number of aliphatic hydroxyl groups is 1. The van der Waals surface area contributed by atoms with Crippen LogP contribution in [0.25, 0.3) is 11.2 Å².